The van der Waals surface area contributed by atoms with Gasteiger partial charge in [0.05, 0.1) is 12.0 Å². The molecule has 2 atom stereocenters. The van der Waals surface area contributed by atoms with Crippen LogP contribution in [-0.4, -0.2) is 46.4 Å². The molecular weight excluding hydrogens is 411 g/mol. The Hall–Kier alpha value is -2.91. The lowest BCUT2D eigenvalue weighted by atomic mass is 9.97. The van der Waals surface area contributed by atoms with Gasteiger partial charge in [0, 0.05) is 18.7 Å². The zero-order valence-corrected chi connectivity index (χ0v) is 16.6. The third-order valence-electron chi connectivity index (χ3n) is 5.32. The van der Waals surface area contributed by atoms with Gasteiger partial charge in [-0.2, -0.15) is 13.8 Å². The average molecular weight is 433 g/mol. The first-order chi connectivity index (χ1) is 15.0. The van der Waals surface area contributed by atoms with E-state index in [-0.39, 0.29) is 17.5 Å². The predicted octanol–water partition coefficient (Wildman–Crippen LogP) is 4.39. The van der Waals surface area contributed by atoms with Gasteiger partial charge in [0.2, 0.25) is 11.7 Å². The summed E-state index contributed by atoms with van der Waals surface area (Å²) in [6.45, 7) is -1.02. The summed E-state index contributed by atoms with van der Waals surface area (Å²) in [6.07, 6.45) is 1.03. The molecule has 4 rings (SSSR count). The fourth-order valence-corrected chi connectivity index (χ4v) is 3.76. The van der Waals surface area contributed by atoms with Crippen molar-refractivity contribution in [3.63, 3.8) is 0 Å². The first kappa shape index (κ1) is 21.3. The monoisotopic (exact) mass is 433 g/mol. The van der Waals surface area contributed by atoms with Gasteiger partial charge in [0.25, 0.3) is 0 Å². The fraction of sp³-hybridized carbons (Fsp3) is 0.364. The van der Waals surface area contributed by atoms with Crippen molar-refractivity contribution >= 4 is 0 Å². The van der Waals surface area contributed by atoms with E-state index in [4.69, 9.17) is 4.52 Å². The third-order valence-corrected chi connectivity index (χ3v) is 5.32. The number of alkyl halides is 2. The van der Waals surface area contributed by atoms with E-state index in [1.807, 2.05) is 0 Å². The van der Waals surface area contributed by atoms with Crippen LogP contribution >= 0.6 is 0 Å². The summed E-state index contributed by atoms with van der Waals surface area (Å²) in [7, 11) is 0. The van der Waals surface area contributed by atoms with Crippen LogP contribution in [0.5, 0.6) is 5.75 Å². The summed E-state index contributed by atoms with van der Waals surface area (Å²) in [5.74, 6) is 0.692. The van der Waals surface area contributed by atoms with Gasteiger partial charge < -0.3 is 14.4 Å². The number of aliphatic hydroxyl groups is 1. The second-order valence-electron chi connectivity index (χ2n) is 7.53. The van der Waals surface area contributed by atoms with E-state index in [2.05, 4.69) is 19.8 Å². The number of rotatable bonds is 7. The maximum Gasteiger partial charge on any atom is 0.387 e. The van der Waals surface area contributed by atoms with Crippen molar-refractivity contribution in [3.8, 4) is 17.1 Å². The molecule has 1 aliphatic heterocycles. The van der Waals surface area contributed by atoms with Crippen LogP contribution in [0, 0.1) is 5.82 Å². The molecule has 3 aromatic rings. The predicted molar refractivity (Wildman–Crippen MR) is 106 cm³/mol. The zero-order valence-electron chi connectivity index (χ0n) is 16.6. The molecule has 31 heavy (non-hydrogen) atoms. The number of aliphatic hydroxyl groups excluding tert-OH is 1. The molecule has 0 amide bonds. The summed E-state index contributed by atoms with van der Waals surface area (Å²) in [4.78, 5) is 6.59. The molecule has 0 spiro atoms. The van der Waals surface area contributed by atoms with Crippen LogP contribution in [0.1, 0.15) is 36.3 Å². The zero-order chi connectivity index (χ0) is 21.8. The molecule has 2 aromatic carbocycles. The highest BCUT2D eigenvalue weighted by molar-refractivity contribution is 5.53. The second kappa shape index (κ2) is 9.49. The molecule has 1 aliphatic rings. The summed E-state index contributed by atoms with van der Waals surface area (Å²) in [5.41, 5.74) is 1.30. The van der Waals surface area contributed by atoms with E-state index in [9.17, 15) is 18.3 Å². The van der Waals surface area contributed by atoms with E-state index < -0.39 is 12.7 Å². The number of β-amino-alcohol motifs (C(OH)–C–C–N with tert-alkyl or cyclic N) is 1. The first-order valence-corrected chi connectivity index (χ1v) is 10.0. The molecule has 9 heteroatoms. The van der Waals surface area contributed by atoms with Crippen LogP contribution < -0.4 is 4.74 Å². The van der Waals surface area contributed by atoms with Crippen molar-refractivity contribution in [1.29, 1.82) is 0 Å². The molecular formula is C22H22F3N3O3. The number of aromatic nitrogens is 2. The first-order valence-electron chi connectivity index (χ1n) is 10.0. The molecule has 2 heterocycles. The van der Waals surface area contributed by atoms with Crippen LogP contribution in [0.2, 0.25) is 0 Å². The highest BCUT2D eigenvalue weighted by atomic mass is 19.3. The van der Waals surface area contributed by atoms with Crippen LogP contribution in [0.3, 0.4) is 0 Å². The quantitative estimate of drug-likeness (QED) is 0.596. The van der Waals surface area contributed by atoms with Crippen LogP contribution in [-0.2, 0) is 0 Å². The smallest absolute Gasteiger partial charge is 0.387 e. The van der Waals surface area contributed by atoms with Crippen molar-refractivity contribution in [1.82, 2.24) is 15.0 Å². The van der Waals surface area contributed by atoms with Crippen molar-refractivity contribution in [2.75, 3.05) is 19.6 Å². The van der Waals surface area contributed by atoms with Gasteiger partial charge in [-0.05, 0) is 61.3 Å². The topological polar surface area (TPSA) is 71.6 Å². The van der Waals surface area contributed by atoms with Gasteiger partial charge in [-0.25, -0.2) is 4.39 Å². The van der Waals surface area contributed by atoms with E-state index in [1.165, 1.54) is 24.3 Å². The highest BCUT2D eigenvalue weighted by Gasteiger charge is 2.27. The molecule has 2 unspecified atom stereocenters. The maximum absolute atomic E-state index is 13.1. The van der Waals surface area contributed by atoms with Gasteiger partial charge in [0.1, 0.15) is 11.6 Å². The normalized spacial score (nSPS) is 18.3. The number of nitrogens with zero attached hydrogens (tertiary/aromatic N) is 3. The molecule has 0 bridgehead atoms. The number of hydrogen-bond donors (Lipinski definition) is 1. The van der Waals surface area contributed by atoms with Crippen molar-refractivity contribution in [2.24, 2.45) is 0 Å². The summed E-state index contributed by atoms with van der Waals surface area (Å²) in [6, 6.07) is 11.9. The minimum absolute atomic E-state index is 0.0319. The molecule has 1 fully saturated rings. The van der Waals surface area contributed by atoms with Crippen molar-refractivity contribution < 1.29 is 27.5 Å². The van der Waals surface area contributed by atoms with Gasteiger partial charge >= 0.3 is 6.61 Å². The highest BCUT2D eigenvalue weighted by Crippen LogP contribution is 2.29. The van der Waals surface area contributed by atoms with Crippen LogP contribution in [0.15, 0.2) is 53.1 Å². The lowest BCUT2D eigenvalue weighted by Gasteiger charge is -2.32. The lowest BCUT2D eigenvalue weighted by Crippen LogP contribution is -2.37. The Labute approximate surface area is 177 Å². The van der Waals surface area contributed by atoms with Crippen molar-refractivity contribution in [2.45, 2.75) is 31.5 Å². The Morgan fingerprint density at radius 3 is 2.58 bits per heavy atom. The van der Waals surface area contributed by atoms with Gasteiger partial charge in [-0.3, -0.25) is 4.90 Å². The average Bonchev–Trinajstić information content (AvgIpc) is 3.25. The number of hydrogen-bond acceptors (Lipinski definition) is 6. The van der Waals surface area contributed by atoms with Gasteiger partial charge in [-0.15, -0.1) is 0 Å². The standard InChI is InChI=1S/C22H22F3N3O3/c23-17-7-3-15(4-8-17)20-26-21(31-27-20)16-2-1-11-28(12-16)13-19(29)14-5-9-18(10-6-14)30-22(24)25/h3-10,16,19,22,29H,1-2,11-13H2. The minimum atomic E-state index is -2.88. The summed E-state index contributed by atoms with van der Waals surface area (Å²) in [5, 5.41) is 14.6. The van der Waals surface area contributed by atoms with E-state index in [1.54, 1.807) is 24.3 Å². The van der Waals surface area contributed by atoms with E-state index in [0.29, 0.717) is 35.9 Å². The Kier molecular flexibility index (Phi) is 6.53. The molecule has 6 nitrogen and oxygen atoms in total. The second-order valence-corrected chi connectivity index (χ2v) is 7.53. The Balaban J connectivity index is 1.37. The van der Waals surface area contributed by atoms with Crippen LogP contribution in [0.4, 0.5) is 13.2 Å². The van der Waals surface area contributed by atoms with Gasteiger partial charge in [-0.1, -0.05) is 17.3 Å². The van der Waals surface area contributed by atoms with Crippen molar-refractivity contribution in [3.05, 3.63) is 65.8 Å². The molecule has 0 saturated carbocycles. The molecule has 1 aromatic heterocycles. The molecule has 1 N–H and O–H groups in total. The number of benzene rings is 2. The molecule has 1 saturated heterocycles. The fourth-order valence-electron chi connectivity index (χ4n) is 3.76. The number of likely N-dealkylation sites (tertiary alicyclic amines) is 1. The minimum Gasteiger partial charge on any atom is -0.435 e. The molecule has 0 radical (unpaired) electrons. The Morgan fingerprint density at radius 1 is 1.13 bits per heavy atom. The Morgan fingerprint density at radius 2 is 1.87 bits per heavy atom. The number of piperidine rings is 1. The summed E-state index contributed by atoms with van der Waals surface area (Å²) < 4.78 is 47.4. The third kappa shape index (κ3) is 5.42. The number of ether oxygens (including phenoxy) is 1. The maximum atomic E-state index is 13.1. The van der Waals surface area contributed by atoms with E-state index >= 15 is 0 Å². The SMILES string of the molecule is OC(CN1CCCC(c2nc(-c3ccc(F)cc3)no2)C1)c1ccc(OC(F)F)cc1. The molecule has 0 aliphatic carbocycles. The van der Waals surface area contributed by atoms with Crippen LogP contribution in [0.25, 0.3) is 11.4 Å². The summed E-state index contributed by atoms with van der Waals surface area (Å²) >= 11 is 0. The largest absolute Gasteiger partial charge is 0.435 e. The molecule has 164 valence electrons. The number of halogens is 3. The Bertz CT molecular complexity index is 980. The lowest BCUT2D eigenvalue weighted by molar-refractivity contribution is -0.0498. The van der Waals surface area contributed by atoms with Gasteiger partial charge in [0.15, 0.2) is 0 Å². The van der Waals surface area contributed by atoms with E-state index in [0.717, 1.165) is 19.4 Å².